The third kappa shape index (κ3) is 1.59. The average molecular weight is 200 g/mol. The molecule has 0 spiro atoms. The summed E-state index contributed by atoms with van der Waals surface area (Å²) in [6.07, 6.45) is 0. The third-order valence-electron chi connectivity index (χ3n) is 2.48. The highest BCUT2D eigenvalue weighted by molar-refractivity contribution is 6.08. The highest BCUT2D eigenvalue weighted by atomic mass is 16.5. The minimum Gasteiger partial charge on any atom is -0.496 e. The summed E-state index contributed by atoms with van der Waals surface area (Å²) in [6, 6.07) is 11.4. The van der Waals surface area contributed by atoms with Gasteiger partial charge in [0.05, 0.1) is 7.11 Å². The molecule has 2 aromatic carbocycles. The van der Waals surface area contributed by atoms with Crippen LogP contribution >= 0.6 is 0 Å². The Bertz CT molecular complexity index is 515. The van der Waals surface area contributed by atoms with Crippen LogP contribution in [0.25, 0.3) is 10.8 Å². The van der Waals surface area contributed by atoms with Gasteiger partial charge in [-0.25, -0.2) is 0 Å². The maximum Gasteiger partial charge on any atom is 0.160 e. The zero-order valence-corrected chi connectivity index (χ0v) is 8.78. The van der Waals surface area contributed by atoms with E-state index < -0.39 is 0 Å². The van der Waals surface area contributed by atoms with Crippen LogP contribution in [-0.2, 0) is 0 Å². The molecule has 0 N–H and O–H groups in total. The second-order valence-electron chi connectivity index (χ2n) is 3.42. The number of carbonyl (C=O) groups excluding carboxylic acids is 1. The molecule has 0 aliphatic heterocycles. The number of fused-ring (bicyclic) bond motifs is 1. The van der Waals surface area contributed by atoms with Gasteiger partial charge in [0.1, 0.15) is 5.75 Å². The maximum absolute atomic E-state index is 11.4. The molecular weight excluding hydrogens is 188 g/mol. The van der Waals surface area contributed by atoms with Gasteiger partial charge < -0.3 is 4.74 Å². The van der Waals surface area contributed by atoms with E-state index in [1.54, 1.807) is 14.0 Å². The summed E-state index contributed by atoms with van der Waals surface area (Å²) >= 11 is 0. The van der Waals surface area contributed by atoms with E-state index in [2.05, 4.69) is 0 Å². The molecule has 0 aromatic heterocycles. The SMILES string of the molecule is COc1cccc2c(C(C)=O)cccc12. The Morgan fingerprint density at radius 3 is 2.40 bits per heavy atom. The van der Waals surface area contributed by atoms with Crippen LogP contribution in [0.1, 0.15) is 17.3 Å². The molecule has 0 bridgehead atoms. The molecule has 2 heteroatoms. The summed E-state index contributed by atoms with van der Waals surface area (Å²) < 4.78 is 5.25. The van der Waals surface area contributed by atoms with E-state index in [0.717, 1.165) is 22.1 Å². The first-order valence-corrected chi connectivity index (χ1v) is 4.80. The van der Waals surface area contributed by atoms with Crippen LogP contribution in [0.3, 0.4) is 0 Å². The Kier molecular flexibility index (Phi) is 2.42. The van der Waals surface area contributed by atoms with Crippen molar-refractivity contribution in [2.45, 2.75) is 6.92 Å². The largest absolute Gasteiger partial charge is 0.496 e. The van der Waals surface area contributed by atoms with Crippen LogP contribution < -0.4 is 4.74 Å². The zero-order valence-electron chi connectivity index (χ0n) is 8.78. The molecule has 0 amide bonds. The fourth-order valence-electron chi connectivity index (χ4n) is 1.77. The molecule has 2 nitrogen and oxygen atoms in total. The van der Waals surface area contributed by atoms with E-state index in [0.29, 0.717) is 0 Å². The summed E-state index contributed by atoms with van der Waals surface area (Å²) in [7, 11) is 1.63. The van der Waals surface area contributed by atoms with Gasteiger partial charge in [0.15, 0.2) is 5.78 Å². The fourth-order valence-corrected chi connectivity index (χ4v) is 1.77. The van der Waals surface area contributed by atoms with Crippen LogP contribution in [0.4, 0.5) is 0 Å². The van der Waals surface area contributed by atoms with Gasteiger partial charge in [-0.05, 0) is 18.4 Å². The highest BCUT2D eigenvalue weighted by Crippen LogP contribution is 2.27. The molecular formula is C13H12O2. The van der Waals surface area contributed by atoms with E-state index in [9.17, 15) is 4.79 Å². The first-order chi connectivity index (χ1) is 7.24. The van der Waals surface area contributed by atoms with E-state index >= 15 is 0 Å². The lowest BCUT2D eigenvalue weighted by atomic mass is 10.0. The molecule has 0 aliphatic rings. The number of ketones is 1. The Morgan fingerprint density at radius 2 is 1.73 bits per heavy atom. The van der Waals surface area contributed by atoms with Gasteiger partial charge in [-0.2, -0.15) is 0 Å². The lowest BCUT2D eigenvalue weighted by Gasteiger charge is -2.07. The quantitative estimate of drug-likeness (QED) is 0.696. The normalized spacial score (nSPS) is 10.3. The van der Waals surface area contributed by atoms with E-state index in [1.165, 1.54) is 0 Å². The number of hydrogen-bond donors (Lipinski definition) is 0. The topological polar surface area (TPSA) is 26.3 Å². The van der Waals surface area contributed by atoms with Crippen molar-refractivity contribution in [1.29, 1.82) is 0 Å². The standard InChI is InChI=1S/C13H12O2/c1-9(14)10-5-3-7-12-11(10)6-4-8-13(12)15-2/h3-8H,1-2H3. The Balaban J connectivity index is 2.82. The van der Waals surface area contributed by atoms with Gasteiger partial charge in [0, 0.05) is 10.9 Å². The van der Waals surface area contributed by atoms with Crippen LogP contribution in [0.5, 0.6) is 5.75 Å². The molecule has 0 fully saturated rings. The van der Waals surface area contributed by atoms with Crippen LogP contribution in [0.2, 0.25) is 0 Å². The van der Waals surface area contributed by atoms with Gasteiger partial charge in [-0.1, -0.05) is 30.3 Å². The van der Waals surface area contributed by atoms with E-state index in [1.807, 2.05) is 36.4 Å². The molecule has 0 saturated heterocycles. The number of Topliss-reactive ketones (excluding diaryl/α,β-unsaturated/α-hetero) is 1. The van der Waals surface area contributed by atoms with Crippen molar-refractivity contribution in [2.24, 2.45) is 0 Å². The third-order valence-corrected chi connectivity index (χ3v) is 2.48. The summed E-state index contributed by atoms with van der Waals surface area (Å²) in [4.78, 5) is 11.4. The smallest absolute Gasteiger partial charge is 0.160 e. The monoisotopic (exact) mass is 200 g/mol. The Morgan fingerprint density at radius 1 is 1.07 bits per heavy atom. The van der Waals surface area contributed by atoms with Crippen molar-refractivity contribution < 1.29 is 9.53 Å². The van der Waals surface area contributed by atoms with Crippen molar-refractivity contribution in [3.05, 3.63) is 42.0 Å². The zero-order chi connectivity index (χ0) is 10.8. The summed E-state index contributed by atoms with van der Waals surface area (Å²) in [5.41, 5.74) is 0.742. The van der Waals surface area contributed by atoms with Crippen LogP contribution in [0.15, 0.2) is 36.4 Å². The molecule has 15 heavy (non-hydrogen) atoms. The van der Waals surface area contributed by atoms with Gasteiger partial charge in [0.2, 0.25) is 0 Å². The van der Waals surface area contributed by atoms with Crippen molar-refractivity contribution in [1.82, 2.24) is 0 Å². The number of rotatable bonds is 2. The van der Waals surface area contributed by atoms with Gasteiger partial charge in [-0.3, -0.25) is 4.79 Å². The molecule has 2 rings (SSSR count). The lowest BCUT2D eigenvalue weighted by Crippen LogP contribution is -1.94. The van der Waals surface area contributed by atoms with Crippen molar-refractivity contribution in [3.8, 4) is 5.75 Å². The summed E-state index contributed by atoms with van der Waals surface area (Å²) in [5.74, 6) is 0.879. The number of benzene rings is 2. The lowest BCUT2D eigenvalue weighted by molar-refractivity contribution is 0.101. The van der Waals surface area contributed by atoms with Crippen molar-refractivity contribution >= 4 is 16.6 Å². The predicted octanol–water partition coefficient (Wildman–Crippen LogP) is 3.05. The highest BCUT2D eigenvalue weighted by Gasteiger charge is 2.07. The molecule has 2 aromatic rings. The molecule has 0 saturated carbocycles. The Labute approximate surface area is 88.5 Å². The number of ether oxygens (including phenoxy) is 1. The fraction of sp³-hybridized carbons (Fsp3) is 0.154. The van der Waals surface area contributed by atoms with Gasteiger partial charge in [0.25, 0.3) is 0 Å². The molecule has 0 unspecified atom stereocenters. The minimum absolute atomic E-state index is 0.0776. The minimum atomic E-state index is 0.0776. The molecule has 0 aliphatic carbocycles. The van der Waals surface area contributed by atoms with Crippen LogP contribution in [0, 0.1) is 0 Å². The Hall–Kier alpha value is -1.83. The van der Waals surface area contributed by atoms with E-state index in [-0.39, 0.29) is 5.78 Å². The summed E-state index contributed by atoms with van der Waals surface area (Å²) in [6.45, 7) is 1.58. The van der Waals surface area contributed by atoms with Gasteiger partial charge >= 0.3 is 0 Å². The number of methoxy groups -OCH3 is 1. The average Bonchev–Trinajstić information content (AvgIpc) is 2.27. The van der Waals surface area contributed by atoms with Crippen molar-refractivity contribution in [2.75, 3.05) is 7.11 Å². The van der Waals surface area contributed by atoms with Gasteiger partial charge in [-0.15, -0.1) is 0 Å². The first kappa shape index (κ1) is 9.71. The van der Waals surface area contributed by atoms with Crippen LogP contribution in [-0.4, -0.2) is 12.9 Å². The molecule has 0 atom stereocenters. The summed E-state index contributed by atoms with van der Waals surface area (Å²) in [5, 5.41) is 1.93. The number of hydrogen-bond acceptors (Lipinski definition) is 2. The molecule has 0 radical (unpaired) electrons. The second kappa shape index (κ2) is 3.73. The second-order valence-corrected chi connectivity index (χ2v) is 3.42. The maximum atomic E-state index is 11.4. The number of carbonyl (C=O) groups is 1. The first-order valence-electron chi connectivity index (χ1n) is 4.80. The predicted molar refractivity (Wildman–Crippen MR) is 60.5 cm³/mol. The van der Waals surface area contributed by atoms with Crippen molar-refractivity contribution in [3.63, 3.8) is 0 Å². The molecule has 76 valence electrons. The van der Waals surface area contributed by atoms with E-state index in [4.69, 9.17) is 4.74 Å². The molecule has 0 heterocycles.